The zero-order chi connectivity index (χ0) is 16.8. The Bertz CT molecular complexity index is 679. The average Bonchev–Trinajstić information content (AvgIpc) is 2.56. The van der Waals surface area contributed by atoms with Gasteiger partial charge >= 0.3 is 0 Å². The van der Waals surface area contributed by atoms with Gasteiger partial charge in [-0.2, -0.15) is 4.39 Å². The number of pyridine rings is 1. The van der Waals surface area contributed by atoms with Crippen LogP contribution in [0, 0.1) is 5.95 Å². The summed E-state index contributed by atoms with van der Waals surface area (Å²) in [5.41, 5.74) is 1.27. The Balaban J connectivity index is 2.33. The highest BCUT2D eigenvalue weighted by Crippen LogP contribution is 2.35. The Morgan fingerprint density at radius 1 is 1.43 bits per heavy atom. The molecule has 1 unspecified atom stereocenters. The third kappa shape index (κ3) is 4.45. The minimum atomic E-state index is -0.545. The Morgan fingerprint density at radius 2 is 2.13 bits per heavy atom. The molecule has 3 nitrogen and oxygen atoms in total. The van der Waals surface area contributed by atoms with Crippen molar-refractivity contribution in [3.05, 3.63) is 64.1 Å². The molecule has 0 amide bonds. The molecule has 1 heterocycles. The number of allylic oxidation sites excluding steroid dienone is 1. The highest BCUT2D eigenvalue weighted by molar-refractivity contribution is 9.10. The number of halogens is 3. The van der Waals surface area contributed by atoms with Gasteiger partial charge in [0, 0.05) is 21.9 Å². The van der Waals surface area contributed by atoms with Crippen LogP contribution in [0.1, 0.15) is 24.4 Å². The van der Waals surface area contributed by atoms with Gasteiger partial charge in [0.25, 0.3) is 0 Å². The normalized spacial score (nSPS) is 11.8. The maximum absolute atomic E-state index is 14.2. The Hall–Kier alpha value is -1.59. The lowest BCUT2D eigenvalue weighted by Gasteiger charge is -2.22. The van der Waals surface area contributed by atoms with Gasteiger partial charge in [-0.1, -0.05) is 17.7 Å². The molecule has 122 valence electrons. The lowest BCUT2D eigenvalue weighted by Crippen LogP contribution is -2.14. The molecule has 0 fully saturated rings. The summed E-state index contributed by atoms with van der Waals surface area (Å²) in [7, 11) is 1.61. The van der Waals surface area contributed by atoms with Crippen LogP contribution in [0.25, 0.3) is 0 Å². The Morgan fingerprint density at radius 3 is 2.74 bits per heavy atom. The maximum atomic E-state index is 14.2. The van der Waals surface area contributed by atoms with E-state index in [2.05, 4.69) is 32.8 Å². The van der Waals surface area contributed by atoms with Gasteiger partial charge in [-0.05, 0) is 53.0 Å². The first-order valence-corrected chi connectivity index (χ1v) is 8.24. The molecule has 1 N–H and O–H groups in total. The van der Waals surface area contributed by atoms with Crippen LogP contribution in [-0.4, -0.2) is 12.1 Å². The summed E-state index contributed by atoms with van der Waals surface area (Å²) in [5.74, 6) is 0.214. The second kappa shape index (κ2) is 8.31. The van der Waals surface area contributed by atoms with E-state index in [1.54, 1.807) is 13.2 Å². The van der Waals surface area contributed by atoms with E-state index in [1.165, 1.54) is 6.20 Å². The molecule has 0 saturated heterocycles. The van der Waals surface area contributed by atoms with Gasteiger partial charge in [-0.15, -0.1) is 6.58 Å². The summed E-state index contributed by atoms with van der Waals surface area (Å²) < 4.78 is 19.9. The van der Waals surface area contributed by atoms with Gasteiger partial charge in [-0.25, -0.2) is 4.98 Å². The second-order valence-electron chi connectivity index (χ2n) is 4.92. The molecule has 2 rings (SSSR count). The number of methoxy groups -OCH3 is 1. The molecular formula is C17H17BrClFN2O. The summed E-state index contributed by atoms with van der Waals surface area (Å²) >= 11 is 9.43. The second-order valence-corrected chi connectivity index (χ2v) is 6.12. The predicted octanol–water partition coefficient (Wildman–Crippen LogP) is 5.76. The summed E-state index contributed by atoms with van der Waals surface area (Å²) in [6.45, 7) is 3.73. The molecular weight excluding hydrogens is 383 g/mol. The highest BCUT2D eigenvalue weighted by Gasteiger charge is 2.21. The lowest BCUT2D eigenvalue weighted by atomic mass is 10.0. The van der Waals surface area contributed by atoms with E-state index < -0.39 is 5.95 Å². The summed E-state index contributed by atoms with van der Waals surface area (Å²) in [6, 6.07) is 7.15. The van der Waals surface area contributed by atoms with Crippen molar-refractivity contribution in [2.75, 3.05) is 12.4 Å². The molecule has 23 heavy (non-hydrogen) atoms. The van der Waals surface area contributed by atoms with Crippen LogP contribution < -0.4 is 10.1 Å². The van der Waals surface area contributed by atoms with Gasteiger partial charge < -0.3 is 10.1 Å². The van der Waals surface area contributed by atoms with Crippen LogP contribution in [0.15, 0.2) is 47.6 Å². The zero-order valence-electron chi connectivity index (χ0n) is 12.7. The van der Waals surface area contributed by atoms with Crippen LogP contribution in [0.2, 0.25) is 5.02 Å². The van der Waals surface area contributed by atoms with Gasteiger partial charge in [0.15, 0.2) is 0 Å². The minimum Gasteiger partial charge on any atom is -0.497 e. The minimum absolute atomic E-state index is 0.290. The number of benzene rings is 1. The first-order chi connectivity index (χ1) is 11.1. The number of anilines is 1. The number of nitrogens with one attached hydrogen (secondary N) is 1. The smallest absolute Gasteiger partial charge is 0.219 e. The third-order valence-electron chi connectivity index (χ3n) is 3.40. The SMILES string of the molecule is C=CCCC(Nc1ccc(OC)cc1)c1c(F)ncc(Cl)c1Br. The van der Waals surface area contributed by atoms with Crippen LogP contribution in [0.3, 0.4) is 0 Å². The molecule has 0 radical (unpaired) electrons. The summed E-state index contributed by atoms with van der Waals surface area (Å²) in [4.78, 5) is 3.72. The molecule has 1 atom stereocenters. The summed E-state index contributed by atoms with van der Waals surface area (Å²) in [6.07, 6.45) is 4.48. The molecule has 1 aromatic carbocycles. The zero-order valence-corrected chi connectivity index (χ0v) is 15.0. The van der Waals surface area contributed by atoms with Gasteiger partial charge in [-0.3, -0.25) is 0 Å². The van der Waals surface area contributed by atoms with Gasteiger partial charge in [0.1, 0.15) is 5.75 Å². The molecule has 0 aliphatic heterocycles. The van der Waals surface area contributed by atoms with E-state index in [9.17, 15) is 4.39 Å². The Kier molecular flexibility index (Phi) is 6.42. The number of hydrogen-bond acceptors (Lipinski definition) is 3. The van der Waals surface area contributed by atoms with E-state index >= 15 is 0 Å². The van der Waals surface area contributed by atoms with Crippen molar-refractivity contribution >= 4 is 33.2 Å². The van der Waals surface area contributed by atoms with Gasteiger partial charge in [0.2, 0.25) is 5.95 Å². The fourth-order valence-corrected chi connectivity index (χ4v) is 2.91. The highest BCUT2D eigenvalue weighted by atomic mass is 79.9. The molecule has 1 aromatic heterocycles. The van der Waals surface area contributed by atoms with Crippen LogP contribution >= 0.6 is 27.5 Å². The van der Waals surface area contributed by atoms with E-state index in [4.69, 9.17) is 16.3 Å². The van der Waals surface area contributed by atoms with Crippen molar-refractivity contribution in [2.24, 2.45) is 0 Å². The number of nitrogens with zero attached hydrogens (tertiary/aromatic N) is 1. The van der Waals surface area contributed by atoms with Crippen LogP contribution in [0.5, 0.6) is 5.75 Å². The molecule has 0 aliphatic carbocycles. The molecule has 2 aromatic rings. The van der Waals surface area contributed by atoms with E-state index in [0.29, 0.717) is 21.5 Å². The molecule has 6 heteroatoms. The first-order valence-electron chi connectivity index (χ1n) is 7.07. The first kappa shape index (κ1) is 17.8. The average molecular weight is 400 g/mol. The van der Waals surface area contributed by atoms with Crippen molar-refractivity contribution in [1.82, 2.24) is 4.98 Å². The van der Waals surface area contributed by atoms with Crippen molar-refractivity contribution < 1.29 is 9.13 Å². The lowest BCUT2D eigenvalue weighted by molar-refractivity contribution is 0.415. The van der Waals surface area contributed by atoms with Crippen molar-refractivity contribution in [2.45, 2.75) is 18.9 Å². The quantitative estimate of drug-likeness (QED) is 0.474. The molecule has 0 saturated carbocycles. The van der Waals surface area contributed by atoms with Crippen molar-refractivity contribution in [1.29, 1.82) is 0 Å². The number of aromatic nitrogens is 1. The fraction of sp³-hybridized carbons (Fsp3) is 0.235. The molecule has 0 bridgehead atoms. The third-order valence-corrected chi connectivity index (χ3v) is 4.77. The van der Waals surface area contributed by atoms with Crippen molar-refractivity contribution in [3.8, 4) is 5.75 Å². The number of rotatable bonds is 7. The maximum Gasteiger partial charge on any atom is 0.219 e. The van der Waals surface area contributed by atoms with E-state index in [0.717, 1.165) is 17.9 Å². The molecule has 0 spiro atoms. The number of hydrogen-bond donors (Lipinski definition) is 1. The van der Waals surface area contributed by atoms with Crippen LogP contribution in [0.4, 0.5) is 10.1 Å². The predicted molar refractivity (Wildman–Crippen MR) is 95.7 cm³/mol. The Labute approximate surface area is 148 Å². The molecule has 0 aliphatic rings. The standard InChI is InChI=1S/C17H17BrClFN2O/c1-3-4-5-14(15-16(18)13(19)10-21-17(15)20)22-11-6-8-12(23-2)9-7-11/h3,6-10,14,22H,1,4-5H2,2H3. The van der Waals surface area contributed by atoms with E-state index in [-0.39, 0.29) is 6.04 Å². The topological polar surface area (TPSA) is 34.1 Å². The van der Waals surface area contributed by atoms with E-state index in [1.807, 2.05) is 24.3 Å². The monoisotopic (exact) mass is 398 g/mol. The van der Waals surface area contributed by atoms with Gasteiger partial charge in [0.05, 0.1) is 18.2 Å². The van der Waals surface area contributed by atoms with Crippen molar-refractivity contribution in [3.63, 3.8) is 0 Å². The fourth-order valence-electron chi connectivity index (χ4n) is 2.22. The largest absolute Gasteiger partial charge is 0.497 e. The number of ether oxygens (including phenoxy) is 1. The van der Waals surface area contributed by atoms with Crippen LogP contribution in [-0.2, 0) is 0 Å². The summed E-state index contributed by atoms with van der Waals surface area (Å²) in [5, 5.41) is 3.69.